The van der Waals surface area contributed by atoms with E-state index in [1.807, 2.05) is 24.3 Å². The molecule has 0 unspecified atom stereocenters. The second-order valence-electron chi connectivity index (χ2n) is 5.72. The van der Waals surface area contributed by atoms with Crippen molar-refractivity contribution in [2.45, 2.75) is 39.2 Å². The molecule has 4 nitrogen and oxygen atoms in total. The molecule has 0 atom stereocenters. The lowest BCUT2D eigenvalue weighted by Crippen LogP contribution is -2.37. The van der Waals surface area contributed by atoms with Crippen LogP contribution in [0.5, 0.6) is 0 Å². The Morgan fingerprint density at radius 2 is 1.92 bits per heavy atom. The summed E-state index contributed by atoms with van der Waals surface area (Å²) in [5.41, 5.74) is 1.72. The number of methoxy groups -OCH3 is 1. The van der Waals surface area contributed by atoms with Gasteiger partial charge in [-0.25, -0.2) is 4.79 Å². The Bertz CT molecular complexity index is 709. The Hall–Kier alpha value is -1.92. The van der Waals surface area contributed by atoms with Gasteiger partial charge in [-0.3, -0.25) is 0 Å². The third kappa shape index (κ3) is 5.54. The van der Waals surface area contributed by atoms with Gasteiger partial charge >= 0.3 is 5.97 Å². The third-order valence-electron chi connectivity index (χ3n) is 3.96. The minimum absolute atomic E-state index is 0.324. The van der Waals surface area contributed by atoms with E-state index in [-0.39, 0.29) is 5.97 Å². The quantitative estimate of drug-likeness (QED) is 0.546. The van der Waals surface area contributed by atoms with E-state index < -0.39 is 0 Å². The monoisotopic (exact) mass is 376 g/mol. The SMILES string of the molecule is CCC(CC)NC(=S)Nc1sc(Cc2ccccc2)cc1C(=O)OC. The van der Waals surface area contributed by atoms with Gasteiger partial charge in [-0.1, -0.05) is 44.2 Å². The number of thiocarbonyl (C=S) groups is 1. The van der Waals surface area contributed by atoms with Crippen molar-refractivity contribution in [3.05, 3.63) is 52.4 Å². The van der Waals surface area contributed by atoms with Crippen LogP contribution < -0.4 is 10.6 Å². The molecule has 1 aromatic carbocycles. The lowest BCUT2D eigenvalue weighted by Gasteiger charge is -2.17. The zero-order valence-electron chi connectivity index (χ0n) is 14.8. The number of carbonyl (C=O) groups excluding carboxylic acids is 1. The van der Waals surface area contributed by atoms with Crippen molar-refractivity contribution >= 4 is 39.6 Å². The second-order valence-corrected chi connectivity index (χ2v) is 7.27. The summed E-state index contributed by atoms with van der Waals surface area (Å²) in [6.07, 6.45) is 2.75. The maximum Gasteiger partial charge on any atom is 0.340 e. The number of rotatable bonds is 7. The third-order valence-corrected chi connectivity index (χ3v) is 5.23. The van der Waals surface area contributed by atoms with Gasteiger partial charge in [0, 0.05) is 17.3 Å². The Labute approximate surface area is 158 Å². The molecule has 0 fully saturated rings. The molecule has 0 saturated heterocycles. The molecule has 0 radical (unpaired) electrons. The average Bonchev–Trinajstić information content (AvgIpc) is 3.01. The zero-order chi connectivity index (χ0) is 18.2. The fourth-order valence-electron chi connectivity index (χ4n) is 2.50. The van der Waals surface area contributed by atoms with E-state index in [4.69, 9.17) is 17.0 Å². The molecule has 2 N–H and O–H groups in total. The predicted octanol–water partition coefficient (Wildman–Crippen LogP) is 4.60. The molecule has 6 heteroatoms. The lowest BCUT2D eigenvalue weighted by atomic mass is 10.1. The van der Waals surface area contributed by atoms with Gasteiger partial charge in [-0.2, -0.15) is 0 Å². The molecule has 1 aromatic heterocycles. The number of thiophene rings is 1. The Morgan fingerprint density at radius 1 is 1.24 bits per heavy atom. The molecule has 134 valence electrons. The summed E-state index contributed by atoms with van der Waals surface area (Å²) >= 11 is 6.93. The fourth-order valence-corrected chi connectivity index (χ4v) is 3.91. The number of anilines is 1. The molecule has 2 rings (SSSR count). The van der Waals surface area contributed by atoms with Crippen molar-refractivity contribution < 1.29 is 9.53 Å². The van der Waals surface area contributed by atoms with Crippen LogP contribution in [-0.4, -0.2) is 24.2 Å². The smallest absolute Gasteiger partial charge is 0.340 e. The number of hydrogen-bond acceptors (Lipinski definition) is 4. The summed E-state index contributed by atoms with van der Waals surface area (Å²) in [5.74, 6) is -0.358. The van der Waals surface area contributed by atoms with Crippen LogP contribution in [0.4, 0.5) is 5.00 Å². The van der Waals surface area contributed by atoms with Crippen LogP contribution in [0.3, 0.4) is 0 Å². The van der Waals surface area contributed by atoms with E-state index in [0.29, 0.717) is 16.7 Å². The first kappa shape index (κ1) is 19.4. The molecular formula is C19H24N2O2S2. The topological polar surface area (TPSA) is 50.4 Å². The molecule has 2 aromatic rings. The van der Waals surface area contributed by atoms with Gasteiger partial charge in [0.05, 0.1) is 12.7 Å². The van der Waals surface area contributed by atoms with Gasteiger partial charge in [0.1, 0.15) is 5.00 Å². The van der Waals surface area contributed by atoms with Gasteiger partial charge in [0.2, 0.25) is 0 Å². The molecule has 0 aliphatic heterocycles. The molecule has 0 bridgehead atoms. The number of carbonyl (C=O) groups is 1. The highest BCUT2D eigenvalue weighted by Crippen LogP contribution is 2.30. The van der Waals surface area contributed by atoms with Gasteiger partial charge in [-0.05, 0) is 36.7 Å². The van der Waals surface area contributed by atoms with Crippen LogP contribution >= 0.6 is 23.6 Å². The van der Waals surface area contributed by atoms with Gasteiger partial charge in [-0.15, -0.1) is 11.3 Å². The predicted molar refractivity (Wildman–Crippen MR) is 109 cm³/mol. The number of hydrogen-bond donors (Lipinski definition) is 2. The standard InChI is InChI=1S/C19H24N2O2S2/c1-4-14(5-2)20-19(24)21-17-16(18(22)23-3)12-15(25-17)11-13-9-7-6-8-10-13/h6-10,12,14H,4-5,11H2,1-3H3,(H2,20,21,24). The molecule has 0 aliphatic carbocycles. The van der Waals surface area contributed by atoms with Gasteiger partial charge in [0.25, 0.3) is 0 Å². The first-order valence-electron chi connectivity index (χ1n) is 8.39. The Balaban J connectivity index is 2.17. The number of ether oxygens (including phenoxy) is 1. The zero-order valence-corrected chi connectivity index (χ0v) is 16.4. The van der Waals surface area contributed by atoms with Crippen LogP contribution in [-0.2, 0) is 11.2 Å². The molecular weight excluding hydrogens is 352 g/mol. The molecule has 0 aliphatic rings. The highest BCUT2D eigenvalue weighted by atomic mass is 32.1. The van der Waals surface area contributed by atoms with E-state index in [2.05, 4.69) is 36.6 Å². The van der Waals surface area contributed by atoms with Crippen LogP contribution in [0.25, 0.3) is 0 Å². The number of esters is 1. The maximum absolute atomic E-state index is 12.1. The molecule has 0 saturated carbocycles. The fraction of sp³-hybridized carbons (Fsp3) is 0.368. The first-order chi connectivity index (χ1) is 12.1. The summed E-state index contributed by atoms with van der Waals surface area (Å²) in [6, 6.07) is 12.4. The normalized spacial score (nSPS) is 10.6. The van der Waals surface area contributed by atoms with E-state index in [1.165, 1.54) is 24.0 Å². The summed E-state index contributed by atoms with van der Waals surface area (Å²) in [4.78, 5) is 13.2. The van der Waals surface area contributed by atoms with Crippen LogP contribution in [0, 0.1) is 0 Å². The minimum atomic E-state index is -0.358. The lowest BCUT2D eigenvalue weighted by molar-refractivity contribution is 0.0602. The van der Waals surface area contributed by atoms with Crippen molar-refractivity contribution in [3.8, 4) is 0 Å². The van der Waals surface area contributed by atoms with Gasteiger partial charge < -0.3 is 15.4 Å². The summed E-state index contributed by atoms with van der Waals surface area (Å²) in [7, 11) is 1.39. The van der Waals surface area contributed by atoms with Crippen LogP contribution in [0.2, 0.25) is 0 Å². The van der Waals surface area contributed by atoms with Crippen LogP contribution in [0.15, 0.2) is 36.4 Å². The highest BCUT2D eigenvalue weighted by molar-refractivity contribution is 7.80. The first-order valence-corrected chi connectivity index (χ1v) is 9.62. The summed E-state index contributed by atoms with van der Waals surface area (Å²) in [5, 5.41) is 7.71. The minimum Gasteiger partial charge on any atom is -0.465 e. The number of benzene rings is 1. The van der Waals surface area contributed by atoms with E-state index in [1.54, 1.807) is 0 Å². The summed E-state index contributed by atoms with van der Waals surface area (Å²) in [6.45, 7) is 4.24. The Kier molecular flexibility index (Phi) is 7.40. The van der Waals surface area contributed by atoms with E-state index in [0.717, 1.165) is 29.1 Å². The van der Waals surface area contributed by atoms with Crippen molar-refractivity contribution in [2.75, 3.05) is 12.4 Å². The summed E-state index contributed by atoms with van der Waals surface area (Å²) < 4.78 is 4.91. The van der Waals surface area contributed by atoms with Crippen molar-refractivity contribution in [1.82, 2.24) is 5.32 Å². The Morgan fingerprint density at radius 3 is 2.52 bits per heavy atom. The molecule has 25 heavy (non-hydrogen) atoms. The van der Waals surface area contributed by atoms with Crippen molar-refractivity contribution in [1.29, 1.82) is 0 Å². The maximum atomic E-state index is 12.1. The average molecular weight is 377 g/mol. The molecule has 0 amide bonds. The number of nitrogens with one attached hydrogen (secondary N) is 2. The van der Waals surface area contributed by atoms with Gasteiger partial charge in [0.15, 0.2) is 5.11 Å². The molecule has 1 heterocycles. The van der Waals surface area contributed by atoms with Crippen molar-refractivity contribution in [3.63, 3.8) is 0 Å². The largest absolute Gasteiger partial charge is 0.465 e. The van der Waals surface area contributed by atoms with E-state index in [9.17, 15) is 4.79 Å². The van der Waals surface area contributed by atoms with Crippen molar-refractivity contribution in [2.24, 2.45) is 0 Å². The van der Waals surface area contributed by atoms with E-state index >= 15 is 0 Å². The second kappa shape index (κ2) is 9.53. The van der Waals surface area contributed by atoms with Crippen LogP contribution in [0.1, 0.15) is 47.5 Å². The molecule has 0 spiro atoms. The highest BCUT2D eigenvalue weighted by Gasteiger charge is 2.18.